The van der Waals surface area contributed by atoms with E-state index in [0.717, 1.165) is 38.5 Å². The first-order valence-electron chi connectivity index (χ1n) is 9.82. The molecular formula is C22H38O2. The lowest BCUT2D eigenvalue weighted by Crippen LogP contribution is -2.36. The Morgan fingerprint density at radius 2 is 1.29 bits per heavy atom. The Morgan fingerprint density at radius 3 is 1.79 bits per heavy atom. The smallest absolute Gasteiger partial charge is 0.172 e. The molecule has 0 aliphatic carbocycles. The fourth-order valence-corrected chi connectivity index (χ4v) is 2.90. The van der Waals surface area contributed by atoms with Crippen molar-refractivity contribution in [2.45, 2.75) is 106 Å². The third-order valence-corrected chi connectivity index (χ3v) is 5.24. The minimum Gasteiger partial charge on any atom is -0.224 e. The summed E-state index contributed by atoms with van der Waals surface area (Å²) in [5.74, 6) is 6.36. The second-order valence-corrected chi connectivity index (χ2v) is 7.30. The molecule has 0 aliphatic heterocycles. The first-order chi connectivity index (χ1) is 11.5. The second kappa shape index (κ2) is 13.1. The van der Waals surface area contributed by atoms with Crippen molar-refractivity contribution < 1.29 is 9.78 Å². The molecule has 0 aliphatic rings. The van der Waals surface area contributed by atoms with E-state index in [9.17, 15) is 0 Å². The number of hydrogen-bond acceptors (Lipinski definition) is 2. The van der Waals surface area contributed by atoms with E-state index < -0.39 is 0 Å². The standard InChI is InChI=1S/C22H38O2/c1-7-11-14-15-19-23-24-20-18-22(16-12-8-2,17-13-9-3)21(5,6)10-4/h7-14,16-17H2,1-6H3. The zero-order valence-corrected chi connectivity index (χ0v) is 16.9. The molecule has 0 saturated heterocycles. The average Bonchev–Trinajstić information content (AvgIpc) is 2.58. The number of rotatable bonds is 11. The van der Waals surface area contributed by atoms with Gasteiger partial charge in [-0.3, -0.25) is 0 Å². The molecule has 0 spiro atoms. The molecule has 0 aromatic heterocycles. The van der Waals surface area contributed by atoms with Crippen LogP contribution in [0.25, 0.3) is 0 Å². The van der Waals surface area contributed by atoms with Crippen LogP contribution in [0.4, 0.5) is 0 Å². The summed E-state index contributed by atoms with van der Waals surface area (Å²) in [5.41, 5.74) is 0.132. The monoisotopic (exact) mass is 334 g/mol. The Morgan fingerprint density at radius 1 is 0.750 bits per heavy atom. The first kappa shape index (κ1) is 22.7. The van der Waals surface area contributed by atoms with Gasteiger partial charge in [0.15, 0.2) is 12.2 Å². The van der Waals surface area contributed by atoms with Gasteiger partial charge in [0.1, 0.15) is 0 Å². The first-order valence-corrected chi connectivity index (χ1v) is 9.82. The van der Waals surface area contributed by atoms with E-state index in [2.05, 4.69) is 65.6 Å². The molecule has 0 unspecified atom stereocenters. The summed E-state index contributed by atoms with van der Waals surface area (Å²) in [5, 5.41) is 0. The van der Waals surface area contributed by atoms with Crippen molar-refractivity contribution in [2.24, 2.45) is 10.8 Å². The highest BCUT2D eigenvalue weighted by Gasteiger charge is 2.41. The fourth-order valence-electron chi connectivity index (χ4n) is 2.90. The normalized spacial score (nSPS) is 11.1. The number of unbranched alkanes of at least 4 members (excludes halogenated alkanes) is 4. The van der Waals surface area contributed by atoms with Crippen LogP contribution in [0.1, 0.15) is 106 Å². The minimum absolute atomic E-state index is 0.0211. The van der Waals surface area contributed by atoms with Crippen LogP contribution in [0.15, 0.2) is 0 Å². The van der Waals surface area contributed by atoms with Gasteiger partial charge in [0.25, 0.3) is 0 Å². The molecule has 2 nitrogen and oxygen atoms in total. The molecule has 0 aromatic carbocycles. The highest BCUT2D eigenvalue weighted by molar-refractivity contribution is 5.14. The van der Waals surface area contributed by atoms with Gasteiger partial charge in [-0.25, -0.2) is 9.78 Å². The zero-order valence-electron chi connectivity index (χ0n) is 16.9. The summed E-state index contributed by atoms with van der Waals surface area (Å²) < 4.78 is 0. The summed E-state index contributed by atoms with van der Waals surface area (Å²) in [6.45, 7) is 13.5. The Balaban J connectivity index is 5.02. The van der Waals surface area contributed by atoms with E-state index in [0.29, 0.717) is 0 Å². The van der Waals surface area contributed by atoms with E-state index in [-0.39, 0.29) is 10.8 Å². The van der Waals surface area contributed by atoms with Gasteiger partial charge in [-0.1, -0.05) is 79.6 Å². The highest BCUT2D eigenvalue weighted by Crippen LogP contribution is 2.48. The molecule has 0 atom stereocenters. The van der Waals surface area contributed by atoms with Crippen LogP contribution < -0.4 is 0 Å². The van der Waals surface area contributed by atoms with Gasteiger partial charge in [-0.15, -0.1) is 0 Å². The molecule has 0 N–H and O–H groups in total. The van der Waals surface area contributed by atoms with Crippen molar-refractivity contribution in [3.63, 3.8) is 0 Å². The molecule has 2 heteroatoms. The summed E-state index contributed by atoms with van der Waals surface area (Å²) in [6.07, 6.45) is 16.5. The molecule has 0 rings (SSSR count). The Bertz CT molecular complexity index is 420. The lowest BCUT2D eigenvalue weighted by molar-refractivity contribution is -0.167. The van der Waals surface area contributed by atoms with Gasteiger partial charge in [0.2, 0.25) is 0 Å². The van der Waals surface area contributed by atoms with E-state index in [4.69, 9.17) is 9.78 Å². The summed E-state index contributed by atoms with van der Waals surface area (Å²) in [6, 6.07) is 0. The van der Waals surface area contributed by atoms with Gasteiger partial charge in [0.05, 0.1) is 0 Å². The van der Waals surface area contributed by atoms with Gasteiger partial charge in [-0.2, -0.15) is 0 Å². The maximum absolute atomic E-state index is 5.03. The third-order valence-electron chi connectivity index (χ3n) is 5.24. The highest BCUT2D eigenvalue weighted by atomic mass is 17.2. The van der Waals surface area contributed by atoms with E-state index >= 15 is 0 Å². The van der Waals surface area contributed by atoms with Crippen LogP contribution >= 0.6 is 0 Å². The minimum atomic E-state index is -0.0211. The Kier molecular flexibility index (Phi) is 12.4. The van der Waals surface area contributed by atoms with E-state index in [1.54, 1.807) is 0 Å². The van der Waals surface area contributed by atoms with Crippen molar-refractivity contribution in [3.05, 3.63) is 0 Å². The second-order valence-electron chi connectivity index (χ2n) is 7.30. The Labute approximate surface area is 151 Å². The van der Waals surface area contributed by atoms with Crippen molar-refractivity contribution >= 4 is 0 Å². The van der Waals surface area contributed by atoms with Gasteiger partial charge in [0, 0.05) is 11.8 Å². The molecule has 0 aromatic rings. The molecule has 0 saturated carbocycles. The van der Waals surface area contributed by atoms with Gasteiger partial charge >= 0.3 is 0 Å². The SMILES string of the molecule is CCCCC#COOC#CC(CCCC)(CCCC)C(C)(C)CC. The maximum atomic E-state index is 5.03. The maximum Gasteiger partial charge on any atom is 0.172 e. The van der Waals surface area contributed by atoms with Crippen LogP contribution in [-0.4, -0.2) is 0 Å². The molecule has 0 radical (unpaired) electrons. The van der Waals surface area contributed by atoms with Crippen LogP contribution in [-0.2, 0) is 9.78 Å². The predicted octanol–water partition coefficient (Wildman–Crippen LogP) is 6.85. The summed E-state index contributed by atoms with van der Waals surface area (Å²) in [7, 11) is 0. The summed E-state index contributed by atoms with van der Waals surface area (Å²) in [4.78, 5) is 9.93. The van der Waals surface area contributed by atoms with Crippen molar-refractivity contribution in [2.75, 3.05) is 0 Å². The van der Waals surface area contributed by atoms with Crippen LogP contribution in [0.5, 0.6) is 0 Å². The van der Waals surface area contributed by atoms with Crippen molar-refractivity contribution in [1.29, 1.82) is 0 Å². The number of hydrogen-bond donors (Lipinski definition) is 0. The van der Waals surface area contributed by atoms with E-state index in [1.807, 2.05) is 0 Å². The van der Waals surface area contributed by atoms with Gasteiger partial charge < -0.3 is 0 Å². The third kappa shape index (κ3) is 8.01. The van der Waals surface area contributed by atoms with Crippen LogP contribution in [0, 0.1) is 34.9 Å². The average molecular weight is 335 g/mol. The van der Waals surface area contributed by atoms with Gasteiger partial charge in [-0.05, 0) is 37.0 Å². The van der Waals surface area contributed by atoms with Crippen LogP contribution in [0.3, 0.4) is 0 Å². The van der Waals surface area contributed by atoms with Crippen molar-refractivity contribution in [1.82, 2.24) is 0 Å². The van der Waals surface area contributed by atoms with Crippen LogP contribution in [0.2, 0.25) is 0 Å². The molecule has 24 heavy (non-hydrogen) atoms. The largest absolute Gasteiger partial charge is 0.224 e. The molecule has 0 fully saturated rings. The van der Waals surface area contributed by atoms with E-state index in [1.165, 1.54) is 25.7 Å². The summed E-state index contributed by atoms with van der Waals surface area (Å²) >= 11 is 0. The van der Waals surface area contributed by atoms with Crippen molar-refractivity contribution in [3.8, 4) is 24.1 Å². The predicted molar refractivity (Wildman–Crippen MR) is 103 cm³/mol. The molecular weight excluding hydrogens is 296 g/mol. The molecule has 0 amide bonds. The molecule has 138 valence electrons. The zero-order chi connectivity index (χ0) is 18.3. The topological polar surface area (TPSA) is 18.5 Å². The lowest BCUT2D eigenvalue weighted by Gasteiger charge is -2.43. The lowest BCUT2D eigenvalue weighted by atomic mass is 9.60. The molecule has 0 heterocycles. The quantitative estimate of drug-likeness (QED) is 0.178. The fraction of sp³-hybridized carbons (Fsp3) is 0.818. The molecule has 0 bridgehead atoms. The Hall–Kier alpha value is -1.28.